The minimum Gasteiger partial charge on any atom is -0.312 e. The van der Waals surface area contributed by atoms with E-state index in [2.05, 4.69) is 10.5 Å². The first-order chi connectivity index (χ1) is 11.1. The number of carbonyl (C=O) groups excluding carboxylic acids is 2. The Morgan fingerprint density at radius 2 is 2.17 bits per heavy atom. The lowest BCUT2D eigenvalue weighted by molar-refractivity contribution is -0.117. The molecule has 23 heavy (non-hydrogen) atoms. The number of anilines is 1. The molecular formula is C17H17N3O2S. The summed E-state index contributed by atoms with van der Waals surface area (Å²) in [7, 11) is 0. The van der Waals surface area contributed by atoms with Crippen molar-refractivity contribution in [2.75, 3.05) is 11.4 Å². The molecule has 5 nitrogen and oxygen atoms in total. The number of thiophene rings is 1. The summed E-state index contributed by atoms with van der Waals surface area (Å²) in [6.45, 7) is 2.56. The Morgan fingerprint density at radius 1 is 1.30 bits per heavy atom. The summed E-state index contributed by atoms with van der Waals surface area (Å²) in [6.07, 6.45) is 1.43. The Labute approximate surface area is 138 Å². The number of hydrogen-bond donors (Lipinski definition) is 1. The first-order valence-electron chi connectivity index (χ1n) is 7.44. The third-order valence-corrected chi connectivity index (χ3v) is 4.67. The van der Waals surface area contributed by atoms with Crippen LogP contribution < -0.4 is 10.3 Å². The van der Waals surface area contributed by atoms with E-state index in [0.717, 1.165) is 22.7 Å². The number of rotatable bonds is 4. The smallest absolute Gasteiger partial charge is 0.271 e. The van der Waals surface area contributed by atoms with Crippen molar-refractivity contribution in [3.05, 3.63) is 52.2 Å². The van der Waals surface area contributed by atoms with Crippen LogP contribution >= 0.6 is 11.3 Å². The number of carbonyl (C=O) groups is 2. The average molecular weight is 327 g/mol. The Hall–Kier alpha value is -2.47. The van der Waals surface area contributed by atoms with Crippen molar-refractivity contribution in [2.24, 2.45) is 5.10 Å². The summed E-state index contributed by atoms with van der Waals surface area (Å²) in [6, 6.07) is 11.0. The van der Waals surface area contributed by atoms with E-state index in [1.165, 1.54) is 0 Å². The zero-order valence-corrected chi connectivity index (χ0v) is 13.6. The van der Waals surface area contributed by atoms with Gasteiger partial charge in [0, 0.05) is 29.1 Å². The van der Waals surface area contributed by atoms with Gasteiger partial charge in [0.1, 0.15) is 0 Å². The van der Waals surface area contributed by atoms with E-state index in [1.807, 2.05) is 30.5 Å². The molecule has 0 unspecified atom stereocenters. The van der Waals surface area contributed by atoms with Gasteiger partial charge in [-0.1, -0.05) is 12.1 Å². The van der Waals surface area contributed by atoms with Crippen molar-refractivity contribution in [3.63, 3.8) is 0 Å². The van der Waals surface area contributed by atoms with Crippen molar-refractivity contribution >= 4 is 34.6 Å². The molecule has 0 aliphatic carbocycles. The second kappa shape index (κ2) is 6.75. The summed E-state index contributed by atoms with van der Waals surface area (Å²) in [5.74, 6) is -0.177. The number of nitrogens with zero attached hydrogens (tertiary/aromatic N) is 2. The molecule has 0 spiro atoms. The van der Waals surface area contributed by atoms with Crippen LogP contribution in [0.25, 0.3) is 0 Å². The van der Waals surface area contributed by atoms with Crippen LogP contribution in [0.4, 0.5) is 5.69 Å². The minimum atomic E-state index is -0.283. The number of nitrogens with one attached hydrogen (secondary N) is 1. The molecule has 0 bridgehead atoms. The second-order valence-corrected chi connectivity index (χ2v) is 6.26. The lowest BCUT2D eigenvalue weighted by Crippen LogP contribution is -2.24. The van der Waals surface area contributed by atoms with Crippen molar-refractivity contribution in [1.82, 2.24) is 5.43 Å². The Bertz CT molecular complexity index is 753. The molecule has 2 heterocycles. The summed E-state index contributed by atoms with van der Waals surface area (Å²) < 4.78 is 0. The van der Waals surface area contributed by atoms with Crippen LogP contribution in [0.1, 0.15) is 35.0 Å². The van der Waals surface area contributed by atoms with Crippen molar-refractivity contribution < 1.29 is 9.59 Å². The highest BCUT2D eigenvalue weighted by molar-refractivity contribution is 7.12. The average Bonchev–Trinajstić information content (AvgIpc) is 3.24. The maximum Gasteiger partial charge on any atom is 0.271 e. The Balaban J connectivity index is 1.73. The van der Waals surface area contributed by atoms with Gasteiger partial charge in [0.15, 0.2) is 0 Å². The lowest BCUT2D eigenvalue weighted by atomic mass is 10.2. The first-order valence-corrected chi connectivity index (χ1v) is 8.32. The van der Waals surface area contributed by atoms with Crippen molar-refractivity contribution in [3.8, 4) is 0 Å². The van der Waals surface area contributed by atoms with Crippen LogP contribution in [0.15, 0.2) is 46.9 Å². The Kier molecular flexibility index (Phi) is 4.52. The number of hydrazone groups is 1. The van der Waals surface area contributed by atoms with Gasteiger partial charge >= 0.3 is 0 Å². The predicted octanol–water partition coefficient (Wildman–Crippen LogP) is 3.03. The van der Waals surface area contributed by atoms with E-state index < -0.39 is 0 Å². The van der Waals surface area contributed by atoms with E-state index in [1.54, 1.807) is 34.4 Å². The molecule has 0 radical (unpaired) electrons. The van der Waals surface area contributed by atoms with Crippen LogP contribution in [0, 0.1) is 0 Å². The molecule has 0 atom stereocenters. The molecule has 1 aromatic carbocycles. The maximum absolute atomic E-state index is 12.2. The zero-order valence-electron chi connectivity index (χ0n) is 12.8. The van der Waals surface area contributed by atoms with Crippen LogP contribution in [-0.4, -0.2) is 24.1 Å². The molecule has 2 amide bonds. The standard InChI is InChI=1S/C17H17N3O2S/c1-12(15-7-4-10-23-15)18-19-17(22)13-5-2-6-14(11-13)20-9-3-8-16(20)21/h2,4-7,10-11H,3,8-9H2,1H3,(H,19,22)/b18-12-. The molecular weight excluding hydrogens is 310 g/mol. The van der Waals surface area contributed by atoms with Crippen molar-refractivity contribution in [2.45, 2.75) is 19.8 Å². The SMILES string of the molecule is C/C(=N/NC(=O)c1cccc(N2CCCC2=O)c1)c1cccs1. The van der Waals surface area contributed by atoms with Gasteiger partial charge in [-0.3, -0.25) is 9.59 Å². The van der Waals surface area contributed by atoms with E-state index in [0.29, 0.717) is 18.5 Å². The Morgan fingerprint density at radius 3 is 2.87 bits per heavy atom. The number of amides is 2. The van der Waals surface area contributed by atoms with Crippen LogP contribution in [0.5, 0.6) is 0 Å². The topological polar surface area (TPSA) is 61.8 Å². The maximum atomic E-state index is 12.2. The third-order valence-electron chi connectivity index (χ3n) is 3.70. The number of hydrogen-bond acceptors (Lipinski definition) is 4. The molecule has 6 heteroatoms. The van der Waals surface area contributed by atoms with Crippen LogP contribution in [-0.2, 0) is 4.79 Å². The van der Waals surface area contributed by atoms with E-state index in [-0.39, 0.29) is 11.8 Å². The molecule has 1 aliphatic heterocycles. The predicted molar refractivity (Wildman–Crippen MR) is 92.0 cm³/mol. The van der Waals surface area contributed by atoms with Crippen LogP contribution in [0.3, 0.4) is 0 Å². The highest BCUT2D eigenvalue weighted by atomic mass is 32.1. The van der Waals surface area contributed by atoms with Gasteiger partial charge in [-0.05, 0) is 43.0 Å². The highest BCUT2D eigenvalue weighted by Gasteiger charge is 2.22. The summed E-state index contributed by atoms with van der Waals surface area (Å²) in [5, 5.41) is 6.10. The van der Waals surface area contributed by atoms with Gasteiger partial charge in [0.05, 0.1) is 5.71 Å². The number of benzene rings is 1. The van der Waals surface area contributed by atoms with Crippen molar-refractivity contribution in [1.29, 1.82) is 0 Å². The van der Waals surface area contributed by atoms with E-state index in [4.69, 9.17) is 0 Å². The fraction of sp³-hybridized carbons (Fsp3) is 0.235. The molecule has 3 rings (SSSR count). The summed E-state index contributed by atoms with van der Waals surface area (Å²) in [4.78, 5) is 26.8. The van der Waals surface area contributed by atoms with Crippen LogP contribution in [0.2, 0.25) is 0 Å². The third kappa shape index (κ3) is 3.48. The molecule has 1 saturated heterocycles. The van der Waals surface area contributed by atoms with E-state index in [9.17, 15) is 9.59 Å². The molecule has 1 fully saturated rings. The quantitative estimate of drug-likeness (QED) is 0.693. The zero-order chi connectivity index (χ0) is 16.2. The second-order valence-electron chi connectivity index (χ2n) is 5.31. The van der Waals surface area contributed by atoms with Gasteiger partial charge in [0.25, 0.3) is 5.91 Å². The normalized spacial score (nSPS) is 15.1. The highest BCUT2D eigenvalue weighted by Crippen LogP contribution is 2.22. The molecule has 1 N–H and O–H groups in total. The lowest BCUT2D eigenvalue weighted by Gasteiger charge is -2.16. The minimum absolute atomic E-state index is 0.106. The van der Waals surface area contributed by atoms with Gasteiger partial charge in [-0.25, -0.2) is 5.43 Å². The fourth-order valence-electron chi connectivity index (χ4n) is 2.47. The summed E-state index contributed by atoms with van der Waals surface area (Å²) in [5.41, 5.74) is 4.59. The van der Waals surface area contributed by atoms with Gasteiger partial charge < -0.3 is 4.90 Å². The van der Waals surface area contributed by atoms with Gasteiger partial charge in [0.2, 0.25) is 5.91 Å². The van der Waals surface area contributed by atoms with E-state index >= 15 is 0 Å². The summed E-state index contributed by atoms with van der Waals surface area (Å²) >= 11 is 1.57. The molecule has 1 aliphatic rings. The molecule has 2 aromatic rings. The largest absolute Gasteiger partial charge is 0.312 e. The molecule has 118 valence electrons. The van der Waals surface area contributed by atoms with Gasteiger partial charge in [-0.15, -0.1) is 11.3 Å². The van der Waals surface area contributed by atoms with Gasteiger partial charge in [-0.2, -0.15) is 5.10 Å². The monoisotopic (exact) mass is 327 g/mol. The molecule has 1 aromatic heterocycles. The molecule has 0 saturated carbocycles. The fourth-order valence-corrected chi connectivity index (χ4v) is 3.15. The first kappa shape index (κ1) is 15.4.